The SMILES string of the molecule is CNCC1(CN2CCn3ccnc3C2)CCOC1. The highest BCUT2D eigenvalue weighted by Crippen LogP contribution is 2.30. The van der Waals surface area contributed by atoms with Gasteiger partial charge in [-0.25, -0.2) is 4.98 Å². The molecule has 3 heterocycles. The zero-order valence-corrected chi connectivity index (χ0v) is 11.1. The predicted molar refractivity (Wildman–Crippen MR) is 69.3 cm³/mol. The summed E-state index contributed by atoms with van der Waals surface area (Å²) in [5, 5.41) is 3.33. The maximum absolute atomic E-state index is 5.62. The average molecular weight is 250 g/mol. The molecule has 1 unspecified atom stereocenters. The number of nitrogens with one attached hydrogen (secondary N) is 1. The molecule has 1 aromatic heterocycles. The number of rotatable bonds is 4. The fourth-order valence-electron chi connectivity index (χ4n) is 3.18. The Kier molecular flexibility index (Phi) is 3.37. The van der Waals surface area contributed by atoms with Gasteiger partial charge in [-0.2, -0.15) is 0 Å². The second kappa shape index (κ2) is 4.99. The highest BCUT2D eigenvalue weighted by atomic mass is 16.5. The van der Waals surface area contributed by atoms with Gasteiger partial charge in [-0.05, 0) is 13.5 Å². The minimum Gasteiger partial charge on any atom is -0.381 e. The van der Waals surface area contributed by atoms with Crippen molar-refractivity contribution in [3.8, 4) is 0 Å². The maximum atomic E-state index is 5.62. The van der Waals surface area contributed by atoms with E-state index < -0.39 is 0 Å². The van der Waals surface area contributed by atoms with Crippen LogP contribution in [0.15, 0.2) is 12.4 Å². The summed E-state index contributed by atoms with van der Waals surface area (Å²) in [5.74, 6) is 1.19. The summed E-state index contributed by atoms with van der Waals surface area (Å²) in [4.78, 5) is 6.95. The molecule has 0 amide bonds. The van der Waals surface area contributed by atoms with E-state index in [9.17, 15) is 0 Å². The van der Waals surface area contributed by atoms with Crippen molar-refractivity contribution in [2.24, 2.45) is 5.41 Å². The lowest BCUT2D eigenvalue weighted by molar-refractivity contribution is 0.0947. The number of imidazole rings is 1. The van der Waals surface area contributed by atoms with Gasteiger partial charge >= 0.3 is 0 Å². The zero-order chi connectivity index (χ0) is 12.4. The third kappa shape index (κ3) is 2.30. The molecule has 2 aliphatic rings. The summed E-state index contributed by atoms with van der Waals surface area (Å²) in [5.41, 5.74) is 0.295. The van der Waals surface area contributed by atoms with E-state index in [-0.39, 0.29) is 0 Å². The Bertz CT molecular complexity index is 397. The first kappa shape index (κ1) is 12.1. The van der Waals surface area contributed by atoms with Crippen LogP contribution in [-0.2, 0) is 17.8 Å². The number of fused-ring (bicyclic) bond motifs is 1. The van der Waals surface area contributed by atoms with Gasteiger partial charge in [-0.3, -0.25) is 4.90 Å². The second-order valence-electron chi connectivity index (χ2n) is 5.58. The van der Waals surface area contributed by atoms with E-state index in [2.05, 4.69) is 26.0 Å². The summed E-state index contributed by atoms with van der Waals surface area (Å²) >= 11 is 0. The summed E-state index contributed by atoms with van der Waals surface area (Å²) in [7, 11) is 2.03. The van der Waals surface area contributed by atoms with Crippen LogP contribution in [0.3, 0.4) is 0 Å². The van der Waals surface area contributed by atoms with Crippen molar-refractivity contribution >= 4 is 0 Å². The van der Waals surface area contributed by atoms with Crippen molar-refractivity contribution < 1.29 is 4.74 Å². The monoisotopic (exact) mass is 250 g/mol. The quantitative estimate of drug-likeness (QED) is 0.836. The first-order chi connectivity index (χ1) is 8.81. The van der Waals surface area contributed by atoms with Crippen LogP contribution < -0.4 is 5.32 Å². The lowest BCUT2D eigenvalue weighted by Gasteiger charge is -2.36. The van der Waals surface area contributed by atoms with E-state index in [0.29, 0.717) is 5.41 Å². The van der Waals surface area contributed by atoms with Crippen molar-refractivity contribution in [1.29, 1.82) is 0 Å². The third-order valence-corrected chi connectivity index (χ3v) is 4.12. The molecule has 2 aliphatic heterocycles. The molecular weight excluding hydrogens is 228 g/mol. The Morgan fingerprint density at radius 2 is 2.44 bits per heavy atom. The van der Waals surface area contributed by atoms with Crippen LogP contribution >= 0.6 is 0 Å². The highest BCUT2D eigenvalue weighted by molar-refractivity contribution is 4.97. The predicted octanol–water partition coefficient (Wildman–Crippen LogP) is 0.325. The van der Waals surface area contributed by atoms with Gasteiger partial charge in [0.1, 0.15) is 5.82 Å². The summed E-state index contributed by atoms with van der Waals surface area (Å²) in [6, 6.07) is 0. The van der Waals surface area contributed by atoms with Gasteiger partial charge in [0.15, 0.2) is 0 Å². The molecule has 0 spiro atoms. The lowest BCUT2D eigenvalue weighted by atomic mass is 9.86. The Morgan fingerprint density at radius 3 is 3.22 bits per heavy atom. The first-order valence-corrected chi connectivity index (χ1v) is 6.76. The number of hydrogen-bond acceptors (Lipinski definition) is 4. The van der Waals surface area contributed by atoms with Crippen molar-refractivity contribution in [2.45, 2.75) is 19.5 Å². The molecule has 0 radical (unpaired) electrons. The molecule has 0 aliphatic carbocycles. The van der Waals surface area contributed by atoms with Gasteiger partial charge in [0.05, 0.1) is 13.2 Å². The van der Waals surface area contributed by atoms with Crippen LogP contribution in [0.1, 0.15) is 12.2 Å². The summed E-state index contributed by atoms with van der Waals surface area (Å²) in [6.45, 7) is 7.10. The smallest absolute Gasteiger partial charge is 0.122 e. The standard InChI is InChI=1S/C13H22N4O/c1-14-9-13(2-7-18-11-13)10-16-5-6-17-4-3-15-12(17)8-16/h3-4,14H,2,5-11H2,1H3. The number of ether oxygens (including phenoxy) is 1. The van der Waals surface area contributed by atoms with Gasteiger partial charge in [0.25, 0.3) is 0 Å². The normalized spacial score (nSPS) is 28.5. The summed E-state index contributed by atoms with van der Waals surface area (Å²) < 4.78 is 7.88. The molecule has 3 rings (SSSR count). The molecule has 1 atom stereocenters. The Hall–Kier alpha value is -0.910. The molecule has 0 saturated carbocycles. The molecule has 1 N–H and O–H groups in total. The van der Waals surface area contributed by atoms with E-state index in [1.54, 1.807) is 0 Å². The number of aromatic nitrogens is 2. The molecule has 100 valence electrons. The Morgan fingerprint density at radius 1 is 1.50 bits per heavy atom. The minimum absolute atomic E-state index is 0.295. The van der Waals surface area contributed by atoms with Crippen molar-refractivity contribution in [3.05, 3.63) is 18.2 Å². The fourth-order valence-corrected chi connectivity index (χ4v) is 3.18. The van der Waals surface area contributed by atoms with Crippen molar-refractivity contribution in [1.82, 2.24) is 19.8 Å². The molecule has 1 fully saturated rings. The molecule has 0 bridgehead atoms. The summed E-state index contributed by atoms with van der Waals surface area (Å²) in [6.07, 6.45) is 5.15. The van der Waals surface area contributed by atoms with Crippen LogP contribution in [0.4, 0.5) is 0 Å². The zero-order valence-electron chi connectivity index (χ0n) is 11.1. The molecule has 1 aromatic rings. The number of nitrogens with zero attached hydrogens (tertiary/aromatic N) is 3. The lowest BCUT2D eigenvalue weighted by Crippen LogP contribution is -2.46. The van der Waals surface area contributed by atoms with Gasteiger partial charge in [0, 0.05) is 50.6 Å². The topological polar surface area (TPSA) is 42.3 Å². The second-order valence-corrected chi connectivity index (χ2v) is 5.58. The van der Waals surface area contributed by atoms with E-state index >= 15 is 0 Å². The van der Waals surface area contributed by atoms with Crippen LogP contribution in [-0.4, -0.2) is 54.3 Å². The highest BCUT2D eigenvalue weighted by Gasteiger charge is 2.36. The van der Waals surface area contributed by atoms with Crippen LogP contribution in [0, 0.1) is 5.41 Å². The number of hydrogen-bond donors (Lipinski definition) is 1. The van der Waals surface area contributed by atoms with Crippen LogP contribution in [0.2, 0.25) is 0 Å². The van der Waals surface area contributed by atoms with Crippen LogP contribution in [0.5, 0.6) is 0 Å². The van der Waals surface area contributed by atoms with E-state index in [1.165, 1.54) is 12.2 Å². The Labute approximate surface area is 108 Å². The van der Waals surface area contributed by atoms with Crippen molar-refractivity contribution in [3.63, 3.8) is 0 Å². The van der Waals surface area contributed by atoms with Crippen molar-refractivity contribution in [2.75, 3.05) is 39.9 Å². The molecule has 5 heteroatoms. The van der Waals surface area contributed by atoms with Gasteiger partial charge in [-0.1, -0.05) is 0 Å². The molecule has 18 heavy (non-hydrogen) atoms. The van der Waals surface area contributed by atoms with Gasteiger partial charge in [-0.15, -0.1) is 0 Å². The fraction of sp³-hybridized carbons (Fsp3) is 0.769. The van der Waals surface area contributed by atoms with Gasteiger partial charge < -0.3 is 14.6 Å². The van der Waals surface area contributed by atoms with Crippen LogP contribution in [0.25, 0.3) is 0 Å². The first-order valence-electron chi connectivity index (χ1n) is 6.76. The van der Waals surface area contributed by atoms with E-state index in [4.69, 9.17) is 4.74 Å². The van der Waals surface area contributed by atoms with E-state index in [0.717, 1.165) is 45.9 Å². The molecule has 1 saturated heterocycles. The molecule has 0 aromatic carbocycles. The largest absolute Gasteiger partial charge is 0.381 e. The maximum Gasteiger partial charge on any atom is 0.122 e. The Balaban J connectivity index is 1.66. The third-order valence-electron chi connectivity index (χ3n) is 4.12. The van der Waals surface area contributed by atoms with E-state index in [1.807, 2.05) is 13.2 Å². The molecule has 5 nitrogen and oxygen atoms in total. The molecular formula is C13H22N4O. The van der Waals surface area contributed by atoms with Gasteiger partial charge in [0.2, 0.25) is 0 Å². The average Bonchev–Trinajstić information content (AvgIpc) is 2.98. The minimum atomic E-state index is 0.295.